The highest BCUT2D eigenvalue weighted by Gasteiger charge is 2.28. The molecule has 0 unspecified atom stereocenters. The van der Waals surface area contributed by atoms with Crippen LogP contribution in [0.5, 0.6) is 0 Å². The second-order valence-electron chi connectivity index (χ2n) is 8.79. The van der Waals surface area contributed by atoms with E-state index in [4.69, 9.17) is 0 Å². The normalized spacial score (nSPS) is 14.1. The molecule has 3 heterocycles. The Labute approximate surface area is 207 Å². The topological polar surface area (TPSA) is 66.4 Å². The Morgan fingerprint density at radius 2 is 1.40 bits per heavy atom. The minimum absolute atomic E-state index is 0.338. The van der Waals surface area contributed by atoms with Gasteiger partial charge >= 0.3 is 0 Å². The summed E-state index contributed by atoms with van der Waals surface area (Å²) in [6.45, 7) is 2.76. The summed E-state index contributed by atoms with van der Waals surface area (Å²) in [7, 11) is -3.59. The Bertz CT molecular complexity index is 1340. The van der Waals surface area contributed by atoms with Gasteiger partial charge in [0.1, 0.15) is 0 Å². The predicted octanol–water partition coefficient (Wildman–Crippen LogP) is 4.43. The van der Waals surface area contributed by atoms with Gasteiger partial charge in [-0.25, -0.2) is 8.42 Å². The molecule has 0 spiro atoms. The zero-order valence-corrected chi connectivity index (χ0v) is 20.3. The molecule has 0 saturated heterocycles. The van der Waals surface area contributed by atoms with Crippen LogP contribution in [-0.2, 0) is 42.6 Å². The summed E-state index contributed by atoms with van der Waals surface area (Å²) < 4.78 is 28.6. The third-order valence-corrected chi connectivity index (χ3v) is 8.10. The first-order chi connectivity index (χ1) is 17.1. The molecule has 4 aromatic rings. The van der Waals surface area contributed by atoms with Crippen molar-refractivity contribution >= 4 is 10.0 Å². The summed E-state index contributed by atoms with van der Waals surface area (Å²) in [5.74, 6) is 0. The number of hydrogen-bond acceptors (Lipinski definition) is 5. The fourth-order valence-electron chi connectivity index (χ4n) is 4.50. The summed E-state index contributed by atoms with van der Waals surface area (Å²) in [5.41, 5.74) is 5.16. The van der Waals surface area contributed by atoms with Gasteiger partial charge in [-0.15, -0.1) is 0 Å². The first-order valence-electron chi connectivity index (χ1n) is 11.8. The van der Waals surface area contributed by atoms with E-state index in [0.29, 0.717) is 37.6 Å². The van der Waals surface area contributed by atoms with Crippen molar-refractivity contribution in [3.05, 3.63) is 125 Å². The van der Waals surface area contributed by atoms with Crippen LogP contribution < -0.4 is 0 Å². The van der Waals surface area contributed by atoms with Gasteiger partial charge < -0.3 is 0 Å². The van der Waals surface area contributed by atoms with Crippen molar-refractivity contribution in [3.8, 4) is 0 Å². The highest BCUT2D eigenvalue weighted by Crippen LogP contribution is 2.26. The SMILES string of the molecule is O=S(=O)(c1cccc(CN(Cc2ccccn2)Cc2ccccn2)c1)N1CCc2ccccc2C1. The Morgan fingerprint density at radius 3 is 2.06 bits per heavy atom. The molecule has 6 nitrogen and oxygen atoms in total. The molecule has 7 heteroatoms. The van der Waals surface area contributed by atoms with E-state index in [-0.39, 0.29) is 0 Å². The summed E-state index contributed by atoms with van der Waals surface area (Å²) in [5, 5.41) is 0. The van der Waals surface area contributed by atoms with E-state index >= 15 is 0 Å². The van der Waals surface area contributed by atoms with Crippen molar-refractivity contribution in [3.63, 3.8) is 0 Å². The molecule has 0 atom stereocenters. The van der Waals surface area contributed by atoms with Crippen molar-refractivity contribution in [1.82, 2.24) is 19.2 Å². The second kappa shape index (κ2) is 10.5. The number of benzene rings is 2. The van der Waals surface area contributed by atoms with Crippen LogP contribution in [0.1, 0.15) is 28.1 Å². The van der Waals surface area contributed by atoms with E-state index in [1.807, 2.05) is 66.7 Å². The molecule has 0 fully saturated rings. The summed E-state index contributed by atoms with van der Waals surface area (Å²) in [4.78, 5) is 11.5. The van der Waals surface area contributed by atoms with Gasteiger partial charge in [0, 0.05) is 45.1 Å². The maximum Gasteiger partial charge on any atom is 0.243 e. The maximum atomic E-state index is 13.5. The number of sulfonamides is 1. The van der Waals surface area contributed by atoms with Crippen LogP contribution in [0, 0.1) is 0 Å². The number of fused-ring (bicyclic) bond motifs is 1. The molecule has 2 aromatic carbocycles. The van der Waals surface area contributed by atoms with Crippen molar-refractivity contribution in [1.29, 1.82) is 0 Å². The molecule has 2 aromatic heterocycles. The highest BCUT2D eigenvalue weighted by atomic mass is 32.2. The standard InChI is InChI=1S/C28H28N4O2S/c33-35(34,32-17-14-24-9-1-2-10-25(24)20-32)28-13-7-8-23(18-28)19-31(21-26-11-3-5-15-29-26)22-27-12-4-6-16-30-27/h1-13,15-16,18H,14,17,19-22H2. The molecule has 178 valence electrons. The smallest absolute Gasteiger partial charge is 0.243 e. The summed E-state index contributed by atoms with van der Waals surface area (Å²) >= 11 is 0. The van der Waals surface area contributed by atoms with Crippen LogP contribution >= 0.6 is 0 Å². The first kappa shape index (κ1) is 23.4. The lowest BCUT2D eigenvalue weighted by Gasteiger charge is -2.28. The van der Waals surface area contributed by atoms with Crippen LogP contribution in [0.4, 0.5) is 0 Å². The quantitative estimate of drug-likeness (QED) is 0.370. The third kappa shape index (κ3) is 5.65. The molecule has 0 amide bonds. The monoisotopic (exact) mass is 484 g/mol. The first-order valence-corrected chi connectivity index (χ1v) is 13.2. The summed E-state index contributed by atoms with van der Waals surface area (Å²) in [6.07, 6.45) is 4.31. The predicted molar refractivity (Wildman–Crippen MR) is 136 cm³/mol. The van der Waals surface area contributed by atoms with Gasteiger partial charge in [0.15, 0.2) is 0 Å². The molecule has 0 aliphatic carbocycles. The van der Waals surface area contributed by atoms with Crippen LogP contribution in [0.15, 0.2) is 102 Å². The molecule has 1 aliphatic heterocycles. The molecule has 0 saturated carbocycles. The molecule has 5 rings (SSSR count). The molecule has 0 N–H and O–H groups in total. The van der Waals surface area contributed by atoms with Gasteiger partial charge in [-0.3, -0.25) is 14.9 Å². The number of nitrogens with zero attached hydrogens (tertiary/aromatic N) is 4. The van der Waals surface area contributed by atoms with E-state index in [2.05, 4.69) is 20.9 Å². The Kier molecular flexibility index (Phi) is 6.99. The lowest BCUT2D eigenvalue weighted by Crippen LogP contribution is -2.36. The van der Waals surface area contributed by atoms with Crippen molar-refractivity contribution in [2.75, 3.05) is 6.54 Å². The van der Waals surface area contributed by atoms with Crippen LogP contribution in [0.3, 0.4) is 0 Å². The molecule has 0 radical (unpaired) electrons. The lowest BCUT2D eigenvalue weighted by molar-refractivity contribution is 0.241. The van der Waals surface area contributed by atoms with Crippen molar-refractivity contribution in [2.45, 2.75) is 37.5 Å². The third-order valence-electron chi connectivity index (χ3n) is 6.26. The number of pyridine rings is 2. The zero-order chi connectivity index (χ0) is 24.1. The van der Waals surface area contributed by atoms with Crippen LogP contribution in [-0.4, -0.2) is 34.1 Å². The van der Waals surface area contributed by atoms with E-state index in [0.717, 1.165) is 28.9 Å². The fourth-order valence-corrected chi connectivity index (χ4v) is 5.99. The van der Waals surface area contributed by atoms with Gasteiger partial charge in [-0.05, 0) is 59.5 Å². The van der Waals surface area contributed by atoms with Gasteiger partial charge in [-0.1, -0.05) is 48.5 Å². The average molecular weight is 485 g/mol. The maximum absolute atomic E-state index is 13.5. The highest BCUT2D eigenvalue weighted by molar-refractivity contribution is 7.89. The molecular formula is C28H28N4O2S. The minimum atomic E-state index is -3.59. The largest absolute Gasteiger partial charge is 0.287 e. The Balaban J connectivity index is 1.37. The Hall–Kier alpha value is -3.39. The lowest BCUT2D eigenvalue weighted by atomic mass is 10.0. The zero-order valence-electron chi connectivity index (χ0n) is 19.5. The van der Waals surface area contributed by atoms with Crippen molar-refractivity contribution < 1.29 is 8.42 Å². The van der Waals surface area contributed by atoms with Crippen molar-refractivity contribution in [2.24, 2.45) is 0 Å². The van der Waals surface area contributed by atoms with E-state index in [1.165, 1.54) is 5.56 Å². The van der Waals surface area contributed by atoms with E-state index in [9.17, 15) is 8.42 Å². The second-order valence-corrected chi connectivity index (χ2v) is 10.7. The number of hydrogen-bond donors (Lipinski definition) is 0. The molecule has 1 aliphatic rings. The van der Waals surface area contributed by atoms with Crippen LogP contribution in [0.2, 0.25) is 0 Å². The number of aromatic nitrogens is 2. The van der Waals surface area contributed by atoms with Gasteiger partial charge in [0.05, 0.1) is 16.3 Å². The van der Waals surface area contributed by atoms with E-state index < -0.39 is 10.0 Å². The Morgan fingerprint density at radius 1 is 0.743 bits per heavy atom. The molecule has 0 bridgehead atoms. The minimum Gasteiger partial charge on any atom is -0.287 e. The summed E-state index contributed by atoms with van der Waals surface area (Å²) in [6, 6.07) is 27.1. The average Bonchev–Trinajstić information content (AvgIpc) is 2.90. The number of rotatable bonds is 8. The molecular weight excluding hydrogens is 456 g/mol. The molecule has 35 heavy (non-hydrogen) atoms. The van der Waals surface area contributed by atoms with E-state index in [1.54, 1.807) is 28.8 Å². The van der Waals surface area contributed by atoms with Gasteiger partial charge in [0.25, 0.3) is 0 Å². The van der Waals surface area contributed by atoms with Gasteiger partial charge in [0.2, 0.25) is 10.0 Å². The fraction of sp³-hybridized carbons (Fsp3) is 0.214. The van der Waals surface area contributed by atoms with Gasteiger partial charge in [-0.2, -0.15) is 4.31 Å². The van der Waals surface area contributed by atoms with Crippen LogP contribution in [0.25, 0.3) is 0 Å².